The number of piperidine rings is 1. The van der Waals surface area contributed by atoms with E-state index in [1.165, 1.54) is 11.3 Å². The Balaban J connectivity index is 1.37. The monoisotopic (exact) mass is 552 g/mol. The van der Waals surface area contributed by atoms with Gasteiger partial charge in [-0.25, -0.2) is 9.07 Å². The Kier molecular flexibility index (Phi) is 7.12. The highest BCUT2D eigenvalue weighted by Gasteiger charge is 2.28. The van der Waals surface area contributed by atoms with Crippen LogP contribution in [0.15, 0.2) is 31.1 Å². The maximum atomic E-state index is 14.8. The van der Waals surface area contributed by atoms with E-state index in [9.17, 15) is 9.18 Å². The maximum absolute atomic E-state index is 14.8. The van der Waals surface area contributed by atoms with E-state index in [0.29, 0.717) is 51.3 Å². The highest BCUT2D eigenvalue weighted by Crippen LogP contribution is 2.33. The van der Waals surface area contributed by atoms with Crippen LogP contribution in [-0.2, 0) is 12.1 Å². The minimum Gasteiger partial charge on any atom is -0.399 e. The van der Waals surface area contributed by atoms with Crippen LogP contribution in [0.3, 0.4) is 0 Å². The van der Waals surface area contributed by atoms with Crippen LogP contribution in [0.2, 0.25) is 0 Å². The second-order valence-electron chi connectivity index (χ2n) is 10.8. The second-order valence-corrected chi connectivity index (χ2v) is 11.8. The van der Waals surface area contributed by atoms with E-state index in [2.05, 4.69) is 32.5 Å². The number of hydrogen-bond acceptors (Lipinski definition) is 9. The van der Waals surface area contributed by atoms with Crippen molar-refractivity contribution in [3.8, 4) is 5.13 Å². The number of amides is 1. The number of nitrogens with zero attached hydrogens (tertiary/aromatic N) is 7. The van der Waals surface area contributed by atoms with Crippen molar-refractivity contribution in [3.63, 3.8) is 0 Å². The van der Waals surface area contributed by atoms with E-state index < -0.39 is 6.17 Å². The Labute approximate surface area is 229 Å². The van der Waals surface area contributed by atoms with Crippen molar-refractivity contribution in [3.05, 3.63) is 47.4 Å². The summed E-state index contributed by atoms with van der Waals surface area (Å²) in [6.07, 6.45) is 4.62. The molecular formula is C26H33FN10OS. The number of benzene rings is 1. The predicted molar refractivity (Wildman–Crippen MR) is 152 cm³/mol. The van der Waals surface area contributed by atoms with Crippen molar-refractivity contribution in [2.24, 2.45) is 0 Å². The first kappa shape index (κ1) is 26.8. The fraction of sp³-hybridized carbons (Fsp3) is 0.423. The number of halogens is 1. The Morgan fingerprint density at radius 1 is 1.33 bits per heavy atom. The van der Waals surface area contributed by atoms with Gasteiger partial charge in [-0.2, -0.15) is 10.2 Å². The van der Waals surface area contributed by atoms with Gasteiger partial charge in [-0.15, -0.1) is 10.2 Å². The van der Waals surface area contributed by atoms with Crippen LogP contribution in [-0.4, -0.2) is 72.9 Å². The van der Waals surface area contributed by atoms with Gasteiger partial charge in [-0.05, 0) is 52.4 Å². The normalized spacial score (nSPS) is 18.4. The summed E-state index contributed by atoms with van der Waals surface area (Å²) in [6, 6.07) is 3.26. The number of alkyl halides is 1. The number of fused-ring (bicyclic) bond motifs is 1. The number of anilines is 2. The lowest BCUT2D eigenvalue weighted by Crippen LogP contribution is -2.46. The van der Waals surface area contributed by atoms with Crippen molar-refractivity contribution >= 4 is 45.6 Å². The van der Waals surface area contributed by atoms with Crippen LogP contribution in [0, 0.1) is 0 Å². The summed E-state index contributed by atoms with van der Waals surface area (Å²) in [5, 5.41) is 25.7. The van der Waals surface area contributed by atoms with E-state index >= 15 is 0 Å². The van der Waals surface area contributed by atoms with Gasteiger partial charge in [0, 0.05) is 30.4 Å². The molecule has 4 heterocycles. The van der Waals surface area contributed by atoms with E-state index in [0.717, 1.165) is 11.9 Å². The molecule has 1 aliphatic heterocycles. The summed E-state index contributed by atoms with van der Waals surface area (Å²) < 4.78 is 18.2. The van der Waals surface area contributed by atoms with Crippen molar-refractivity contribution in [1.29, 1.82) is 0 Å². The van der Waals surface area contributed by atoms with Gasteiger partial charge in [0.1, 0.15) is 16.7 Å². The van der Waals surface area contributed by atoms with E-state index in [-0.39, 0.29) is 24.0 Å². The molecule has 0 spiro atoms. The number of nitrogens with two attached hydrogens (primary N) is 1. The molecule has 1 amide bonds. The average molecular weight is 553 g/mol. The van der Waals surface area contributed by atoms with Gasteiger partial charge in [-0.1, -0.05) is 17.9 Å². The minimum atomic E-state index is -1.01. The van der Waals surface area contributed by atoms with Crippen LogP contribution in [0.4, 0.5) is 15.8 Å². The lowest BCUT2D eigenvalue weighted by Gasteiger charge is -2.33. The summed E-state index contributed by atoms with van der Waals surface area (Å²) in [5.41, 5.74) is 9.01. The fourth-order valence-corrected chi connectivity index (χ4v) is 5.31. The number of likely N-dealkylation sites (tertiary alicyclic amines) is 1. The number of rotatable bonds is 7. The summed E-state index contributed by atoms with van der Waals surface area (Å²) >= 11 is 1.30. The first-order valence-corrected chi connectivity index (χ1v) is 13.5. The number of nitrogen functional groups attached to an aromatic ring is 1. The quantitative estimate of drug-likeness (QED) is 0.297. The Morgan fingerprint density at radius 3 is 2.82 bits per heavy atom. The first-order valence-electron chi connectivity index (χ1n) is 12.7. The van der Waals surface area contributed by atoms with Crippen molar-refractivity contribution in [2.75, 3.05) is 31.2 Å². The van der Waals surface area contributed by atoms with Gasteiger partial charge in [0.15, 0.2) is 0 Å². The zero-order valence-corrected chi connectivity index (χ0v) is 23.3. The molecule has 11 nitrogen and oxygen atoms in total. The number of aromatic nitrogens is 6. The highest BCUT2D eigenvalue weighted by atomic mass is 32.1. The summed E-state index contributed by atoms with van der Waals surface area (Å²) in [6.45, 7) is 11.4. The van der Waals surface area contributed by atoms with Crippen LogP contribution in [0.25, 0.3) is 22.1 Å². The smallest absolute Gasteiger partial charge is 0.254 e. The largest absolute Gasteiger partial charge is 0.399 e. The molecule has 1 aromatic carbocycles. The third kappa shape index (κ3) is 5.50. The molecular weight excluding hydrogens is 519 g/mol. The van der Waals surface area contributed by atoms with Gasteiger partial charge in [0.05, 0.1) is 41.3 Å². The molecule has 13 heteroatoms. The fourth-order valence-electron chi connectivity index (χ4n) is 4.57. The molecule has 5 rings (SSSR count). The SMILES string of the molecule is C=Cc1c2cc(N)cc(N[C@@H]3CCN(C)C[C@@H]3F)c2nn1-c1nnc(CNC(=O)c2cnn(C(C)(C)C)c2)s1. The molecule has 0 aliphatic carbocycles. The average Bonchev–Trinajstić information content (AvgIpc) is 3.62. The molecule has 0 unspecified atom stereocenters. The Morgan fingerprint density at radius 2 is 2.13 bits per heavy atom. The standard InChI is InChI=1S/C26H33FN10OS/c1-6-21-17-9-16(28)10-20(31-19-7-8-35(5)14-18(19)27)23(17)34-37(21)25-33-32-22(39-25)12-29-24(38)15-11-30-36(13-15)26(2,3)4/h6,9-11,13,18-19,31H,1,7-8,12,14,28H2,2-5H3,(H,29,38)/t18-,19+/m0/s1. The number of hydrogen-bond donors (Lipinski definition) is 3. The molecule has 2 atom stereocenters. The van der Waals surface area contributed by atoms with Gasteiger partial charge >= 0.3 is 0 Å². The van der Waals surface area contributed by atoms with Crippen LogP contribution < -0.4 is 16.4 Å². The molecule has 1 aliphatic rings. The third-order valence-corrected chi connectivity index (χ3v) is 7.58. The van der Waals surface area contributed by atoms with Gasteiger partial charge in [0.25, 0.3) is 5.91 Å². The zero-order valence-electron chi connectivity index (χ0n) is 22.5. The van der Waals surface area contributed by atoms with Crippen LogP contribution >= 0.6 is 11.3 Å². The van der Waals surface area contributed by atoms with Gasteiger partial charge in [-0.3, -0.25) is 9.48 Å². The van der Waals surface area contributed by atoms with Crippen molar-refractivity contribution in [2.45, 2.75) is 51.5 Å². The molecule has 0 saturated carbocycles. The zero-order chi connectivity index (χ0) is 27.9. The number of carbonyl (C=O) groups is 1. The molecule has 0 radical (unpaired) electrons. The molecule has 1 saturated heterocycles. The van der Waals surface area contributed by atoms with Crippen LogP contribution in [0.5, 0.6) is 0 Å². The molecule has 3 aromatic heterocycles. The van der Waals surface area contributed by atoms with E-state index in [1.54, 1.807) is 33.9 Å². The molecule has 4 aromatic rings. The summed E-state index contributed by atoms with van der Waals surface area (Å²) in [5.74, 6) is -0.245. The van der Waals surface area contributed by atoms with Crippen LogP contribution in [0.1, 0.15) is 48.3 Å². The predicted octanol–water partition coefficient (Wildman–Crippen LogP) is 3.44. The van der Waals surface area contributed by atoms with E-state index in [1.807, 2.05) is 38.8 Å². The van der Waals surface area contributed by atoms with E-state index in [4.69, 9.17) is 10.8 Å². The molecule has 0 bridgehead atoms. The third-order valence-electron chi connectivity index (χ3n) is 6.68. The van der Waals surface area contributed by atoms with Crippen molar-refractivity contribution < 1.29 is 9.18 Å². The molecule has 4 N–H and O–H groups in total. The highest BCUT2D eigenvalue weighted by molar-refractivity contribution is 7.13. The topological polar surface area (TPSA) is 132 Å². The summed E-state index contributed by atoms with van der Waals surface area (Å²) in [7, 11) is 1.92. The second kappa shape index (κ2) is 10.4. The van der Waals surface area contributed by atoms with Gasteiger partial charge in [0.2, 0.25) is 5.13 Å². The van der Waals surface area contributed by atoms with Gasteiger partial charge < -0.3 is 21.3 Å². The van der Waals surface area contributed by atoms with Crippen molar-refractivity contribution in [1.82, 2.24) is 40.0 Å². The molecule has 39 heavy (non-hydrogen) atoms. The Hall–Kier alpha value is -3.84. The number of carbonyl (C=O) groups excluding carboxylic acids is 1. The molecule has 1 fully saturated rings. The lowest BCUT2D eigenvalue weighted by atomic mass is 10.0. The number of nitrogens with one attached hydrogen (secondary N) is 2. The minimum absolute atomic E-state index is 0.204. The molecule has 206 valence electrons. The first-order chi connectivity index (χ1) is 18.5. The summed E-state index contributed by atoms with van der Waals surface area (Å²) in [4.78, 5) is 14.6. The Bertz CT molecular complexity index is 1520. The maximum Gasteiger partial charge on any atom is 0.254 e. The lowest BCUT2D eigenvalue weighted by molar-refractivity contribution is 0.0950.